The molecule has 1 N–H and O–H groups in total. The first-order valence-electron chi connectivity index (χ1n) is 8.08. The van der Waals surface area contributed by atoms with E-state index in [1.165, 1.54) is 19.1 Å². The summed E-state index contributed by atoms with van der Waals surface area (Å²) in [4.78, 5) is 24.5. The van der Waals surface area contributed by atoms with E-state index in [-0.39, 0.29) is 15.5 Å². The summed E-state index contributed by atoms with van der Waals surface area (Å²) in [6, 6.07) is 9.38. The maximum atomic E-state index is 12.4. The van der Waals surface area contributed by atoms with Gasteiger partial charge >= 0.3 is 5.97 Å². The fraction of sp³-hybridized carbons (Fsp3) is 0.263. The quantitative estimate of drug-likeness (QED) is 0.763. The van der Waals surface area contributed by atoms with Crippen molar-refractivity contribution in [2.45, 2.75) is 31.8 Å². The normalized spacial score (nSPS) is 12.3. The highest BCUT2D eigenvalue weighted by atomic mass is 35.5. The fourth-order valence-electron chi connectivity index (χ4n) is 2.43. The van der Waals surface area contributed by atoms with E-state index in [1.54, 1.807) is 0 Å². The number of carbonyl (C=O) groups is 2. The van der Waals surface area contributed by atoms with Crippen molar-refractivity contribution < 1.29 is 22.7 Å². The number of halogens is 1. The molecular formula is C19H20ClNO5S. The molecular weight excluding hydrogens is 390 g/mol. The van der Waals surface area contributed by atoms with Gasteiger partial charge in [-0.15, -0.1) is 0 Å². The molecule has 27 heavy (non-hydrogen) atoms. The number of para-hydroxylation sites is 1. The number of esters is 1. The lowest BCUT2D eigenvalue weighted by atomic mass is 10.1. The largest absolute Gasteiger partial charge is 0.449 e. The van der Waals surface area contributed by atoms with Gasteiger partial charge in [0, 0.05) is 11.9 Å². The van der Waals surface area contributed by atoms with E-state index in [4.69, 9.17) is 16.3 Å². The van der Waals surface area contributed by atoms with Crippen molar-refractivity contribution in [1.82, 2.24) is 0 Å². The van der Waals surface area contributed by atoms with Gasteiger partial charge in [-0.1, -0.05) is 29.8 Å². The summed E-state index contributed by atoms with van der Waals surface area (Å²) in [6.45, 7) is 5.16. The molecule has 0 spiro atoms. The maximum Gasteiger partial charge on any atom is 0.338 e. The Morgan fingerprint density at radius 1 is 1.11 bits per heavy atom. The van der Waals surface area contributed by atoms with Crippen LogP contribution >= 0.6 is 11.6 Å². The molecule has 0 aliphatic heterocycles. The Balaban J connectivity index is 2.15. The topological polar surface area (TPSA) is 89.5 Å². The van der Waals surface area contributed by atoms with E-state index in [0.29, 0.717) is 5.69 Å². The molecule has 0 fully saturated rings. The van der Waals surface area contributed by atoms with Crippen molar-refractivity contribution in [3.8, 4) is 0 Å². The Morgan fingerprint density at radius 3 is 2.26 bits per heavy atom. The van der Waals surface area contributed by atoms with Crippen molar-refractivity contribution in [1.29, 1.82) is 0 Å². The van der Waals surface area contributed by atoms with Gasteiger partial charge in [-0.2, -0.15) is 0 Å². The molecule has 2 aromatic carbocycles. The van der Waals surface area contributed by atoms with Crippen molar-refractivity contribution >= 4 is 39.0 Å². The highest BCUT2D eigenvalue weighted by Gasteiger charge is 2.22. The number of nitrogens with one attached hydrogen (secondary N) is 1. The fourth-order valence-corrected chi connectivity index (χ4v) is 3.73. The Hall–Kier alpha value is -2.38. The number of carbonyl (C=O) groups excluding carboxylic acids is 2. The summed E-state index contributed by atoms with van der Waals surface area (Å²) in [7, 11) is -3.60. The Morgan fingerprint density at radius 2 is 1.70 bits per heavy atom. The zero-order valence-electron chi connectivity index (χ0n) is 15.4. The van der Waals surface area contributed by atoms with Crippen molar-refractivity contribution in [3.05, 3.63) is 58.1 Å². The summed E-state index contributed by atoms with van der Waals surface area (Å²) in [5.41, 5.74) is 2.43. The minimum absolute atomic E-state index is 0.00783. The van der Waals surface area contributed by atoms with E-state index in [0.717, 1.165) is 23.4 Å². The van der Waals surface area contributed by atoms with Gasteiger partial charge in [0.15, 0.2) is 15.9 Å². The van der Waals surface area contributed by atoms with Crippen LogP contribution in [0.15, 0.2) is 41.3 Å². The van der Waals surface area contributed by atoms with Gasteiger partial charge in [-0.05, 0) is 50.1 Å². The molecule has 0 aromatic heterocycles. The molecule has 0 saturated carbocycles. The minimum atomic E-state index is -3.60. The third-order valence-corrected chi connectivity index (χ3v) is 5.53. The second kappa shape index (κ2) is 8.10. The van der Waals surface area contributed by atoms with Crippen molar-refractivity contribution in [2.24, 2.45) is 0 Å². The van der Waals surface area contributed by atoms with E-state index in [9.17, 15) is 18.0 Å². The van der Waals surface area contributed by atoms with Crippen LogP contribution in [0.5, 0.6) is 0 Å². The van der Waals surface area contributed by atoms with Crippen LogP contribution in [-0.2, 0) is 19.4 Å². The van der Waals surface area contributed by atoms with Crippen LogP contribution in [0.3, 0.4) is 0 Å². The molecule has 144 valence electrons. The first kappa shape index (κ1) is 20.9. The number of anilines is 1. The third kappa shape index (κ3) is 5.08. The lowest BCUT2D eigenvalue weighted by molar-refractivity contribution is -0.123. The van der Waals surface area contributed by atoms with Crippen LogP contribution in [0.25, 0.3) is 0 Å². The zero-order chi connectivity index (χ0) is 20.4. The predicted molar refractivity (Wildman–Crippen MR) is 104 cm³/mol. The van der Waals surface area contributed by atoms with Crippen molar-refractivity contribution in [3.63, 3.8) is 0 Å². The van der Waals surface area contributed by atoms with Gasteiger partial charge < -0.3 is 10.1 Å². The summed E-state index contributed by atoms with van der Waals surface area (Å²) in [6.07, 6.45) is -0.0851. The number of rotatable bonds is 5. The van der Waals surface area contributed by atoms with E-state index >= 15 is 0 Å². The molecule has 6 nitrogen and oxygen atoms in total. The first-order valence-corrected chi connectivity index (χ1v) is 10.4. The maximum absolute atomic E-state index is 12.4. The predicted octanol–water partition coefficient (Wildman–Crippen LogP) is 3.54. The molecule has 0 saturated heterocycles. The summed E-state index contributed by atoms with van der Waals surface area (Å²) >= 11 is 5.87. The van der Waals surface area contributed by atoms with Gasteiger partial charge in [0.05, 0.1) is 15.5 Å². The Kier molecular flexibility index (Phi) is 6.28. The second-order valence-electron chi connectivity index (χ2n) is 6.22. The SMILES string of the molecule is Cc1cccc(C)c1NC(=O)C(C)OC(=O)c1ccc(Cl)c(S(C)(=O)=O)c1. The molecule has 0 heterocycles. The molecule has 0 radical (unpaired) electrons. The first-order chi connectivity index (χ1) is 12.5. The molecule has 1 unspecified atom stereocenters. The van der Waals surface area contributed by atoms with E-state index in [2.05, 4.69) is 5.32 Å². The highest BCUT2D eigenvalue weighted by Crippen LogP contribution is 2.23. The van der Waals surface area contributed by atoms with Gasteiger partial charge in [-0.3, -0.25) is 4.79 Å². The van der Waals surface area contributed by atoms with Crippen LogP contribution in [0.4, 0.5) is 5.69 Å². The van der Waals surface area contributed by atoms with Crippen LogP contribution in [0, 0.1) is 13.8 Å². The number of benzene rings is 2. The van der Waals surface area contributed by atoms with E-state index in [1.807, 2.05) is 32.0 Å². The molecule has 1 amide bonds. The molecule has 0 aliphatic rings. The Bertz CT molecular complexity index is 981. The molecule has 2 rings (SSSR count). The number of ether oxygens (including phenoxy) is 1. The lowest BCUT2D eigenvalue weighted by Crippen LogP contribution is -2.30. The van der Waals surface area contributed by atoms with Gasteiger partial charge in [-0.25, -0.2) is 13.2 Å². The van der Waals surface area contributed by atoms with E-state index < -0.39 is 27.8 Å². The van der Waals surface area contributed by atoms with Gasteiger partial charge in [0.25, 0.3) is 5.91 Å². The molecule has 0 aliphatic carbocycles. The summed E-state index contributed by atoms with van der Waals surface area (Å²) < 4.78 is 28.6. The highest BCUT2D eigenvalue weighted by molar-refractivity contribution is 7.90. The monoisotopic (exact) mass is 409 g/mol. The second-order valence-corrected chi connectivity index (χ2v) is 8.61. The number of hydrogen-bond acceptors (Lipinski definition) is 5. The number of amides is 1. The van der Waals surface area contributed by atoms with Crippen molar-refractivity contribution in [2.75, 3.05) is 11.6 Å². The Labute approximate surface area is 163 Å². The average molecular weight is 410 g/mol. The van der Waals surface area contributed by atoms with Crippen LogP contribution in [0.2, 0.25) is 5.02 Å². The molecule has 2 aromatic rings. The summed E-state index contributed by atoms with van der Waals surface area (Å²) in [5.74, 6) is -1.31. The summed E-state index contributed by atoms with van der Waals surface area (Å²) in [5, 5.41) is 2.76. The number of sulfone groups is 1. The zero-order valence-corrected chi connectivity index (χ0v) is 16.9. The molecule has 1 atom stereocenters. The van der Waals surface area contributed by atoms with Gasteiger partial charge in [0.1, 0.15) is 0 Å². The lowest BCUT2D eigenvalue weighted by Gasteiger charge is -2.16. The minimum Gasteiger partial charge on any atom is -0.449 e. The van der Waals surface area contributed by atoms with Gasteiger partial charge in [0.2, 0.25) is 0 Å². The molecule has 0 bridgehead atoms. The van der Waals surface area contributed by atoms with Crippen LogP contribution in [0.1, 0.15) is 28.4 Å². The average Bonchev–Trinajstić information content (AvgIpc) is 2.57. The number of aryl methyl sites for hydroxylation is 2. The molecule has 8 heteroatoms. The third-order valence-electron chi connectivity index (χ3n) is 3.95. The smallest absolute Gasteiger partial charge is 0.338 e. The number of hydrogen-bond donors (Lipinski definition) is 1. The standard InChI is InChI=1S/C19H20ClNO5S/c1-11-6-5-7-12(2)17(11)21-18(22)13(3)26-19(23)14-8-9-15(20)16(10-14)27(4,24)25/h5-10,13H,1-4H3,(H,21,22). The van der Waals surface area contributed by atoms with Crippen LogP contribution < -0.4 is 5.32 Å². The van der Waals surface area contributed by atoms with Crippen LogP contribution in [-0.4, -0.2) is 32.7 Å².